The van der Waals surface area contributed by atoms with Gasteiger partial charge in [0.05, 0.1) is 26.2 Å². The first-order chi connectivity index (χ1) is 11.3. The Bertz CT molecular complexity index is 592. The molecule has 6 heteroatoms. The van der Waals surface area contributed by atoms with E-state index in [-0.39, 0.29) is 6.04 Å². The Kier molecular flexibility index (Phi) is 5.35. The first-order valence-electron chi connectivity index (χ1n) is 8.44. The third kappa shape index (κ3) is 3.76. The predicted molar refractivity (Wildman–Crippen MR) is 87.1 cm³/mol. The van der Waals surface area contributed by atoms with Crippen LogP contribution in [0.25, 0.3) is 0 Å². The van der Waals surface area contributed by atoms with Gasteiger partial charge >= 0.3 is 0 Å². The fourth-order valence-electron chi connectivity index (χ4n) is 3.39. The normalized spacial score (nSPS) is 22.9. The van der Waals surface area contributed by atoms with Gasteiger partial charge in [-0.25, -0.2) is 4.68 Å². The van der Waals surface area contributed by atoms with Crippen molar-refractivity contribution in [2.45, 2.75) is 32.4 Å². The number of hydrogen-bond donors (Lipinski definition) is 1. The fraction of sp³-hybridized carbons (Fsp3) is 0.588. The lowest BCUT2D eigenvalue weighted by molar-refractivity contribution is -0.932. The van der Waals surface area contributed by atoms with Crippen molar-refractivity contribution in [2.75, 3.05) is 26.8 Å². The second-order valence-electron chi connectivity index (χ2n) is 6.44. The zero-order chi connectivity index (χ0) is 16.1. The molecule has 2 aromatic rings. The average molecular weight is 316 g/mol. The molecule has 1 fully saturated rings. The van der Waals surface area contributed by atoms with Gasteiger partial charge in [0.2, 0.25) is 5.82 Å². The van der Waals surface area contributed by atoms with Crippen molar-refractivity contribution in [3.63, 3.8) is 0 Å². The standard InChI is InChI=1S/C17H25N5O/c1-14-8-10-21(11-9-14)16(15-6-4-3-5-7-15)17-18-19-20-22(17)12-13-23-2/h3-7,14,16H,8-13H2,1-2H3/p+1/t16-/m0/s1. The van der Waals surface area contributed by atoms with Crippen LogP contribution in [0.5, 0.6) is 0 Å². The molecule has 1 aliphatic heterocycles. The van der Waals surface area contributed by atoms with Gasteiger partial charge in [-0.05, 0) is 29.2 Å². The lowest BCUT2D eigenvalue weighted by Gasteiger charge is -2.33. The Hall–Kier alpha value is -1.79. The maximum absolute atomic E-state index is 5.19. The summed E-state index contributed by atoms with van der Waals surface area (Å²) < 4.78 is 7.09. The largest absolute Gasteiger partial charge is 0.383 e. The Morgan fingerprint density at radius 2 is 2.00 bits per heavy atom. The molecular formula is C17H26N5O+. The summed E-state index contributed by atoms with van der Waals surface area (Å²) in [6, 6.07) is 10.8. The number of ether oxygens (including phenoxy) is 1. The van der Waals surface area contributed by atoms with Crippen molar-refractivity contribution in [2.24, 2.45) is 5.92 Å². The quantitative estimate of drug-likeness (QED) is 0.853. The van der Waals surface area contributed by atoms with Gasteiger partial charge in [-0.3, -0.25) is 0 Å². The SMILES string of the molecule is COCCn1nnnc1[C@H](c1ccccc1)[NH+]1CCC(C)CC1. The molecule has 1 aliphatic rings. The number of quaternary nitrogens is 1. The van der Waals surface area contributed by atoms with E-state index in [1.165, 1.54) is 18.4 Å². The minimum absolute atomic E-state index is 0.190. The van der Waals surface area contributed by atoms with Gasteiger partial charge in [0.1, 0.15) is 0 Å². The van der Waals surface area contributed by atoms with E-state index >= 15 is 0 Å². The van der Waals surface area contributed by atoms with E-state index in [1.807, 2.05) is 4.68 Å². The van der Waals surface area contributed by atoms with Crippen LogP contribution in [0.2, 0.25) is 0 Å². The zero-order valence-electron chi connectivity index (χ0n) is 14.0. The maximum Gasteiger partial charge on any atom is 0.214 e. The minimum atomic E-state index is 0.190. The highest BCUT2D eigenvalue weighted by Crippen LogP contribution is 2.19. The third-order valence-corrected chi connectivity index (χ3v) is 4.78. The van der Waals surface area contributed by atoms with Crippen LogP contribution < -0.4 is 4.90 Å². The molecule has 3 rings (SSSR count). The van der Waals surface area contributed by atoms with Crippen molar-refractivity contribution < 1.29 is 9.64 Å². The van der Waals surface area contributed by atoms with Crippen LogP contribution in [0.4, 0.5) is 0 Å². The van der Waals surface area contributed by atoms with Crippen LogP contribution in [-0.4, -0.2) is 47.0 Å². The molecule has 0 spiro atoms. The summed E-state index contributed by atoms with van der Waals surface area (Å²) >= 11 is 0. The van der Waals surface area contributed by atoms with Gasteiger partial charge < -0.3 is 9.64 Å². The summed E-state index contributed by atoms with van der Waals surface area (Å²) in [4.78, 5) is 1.56. The summed E-state index contributed by atoms with van der Waals surface area (Å²) in [7, 11) is 1.70. The first-order valence-corrected chi connectivity index (χ1v) is 8.44. The van der Waals surface area contributed by atoms with Crippen LogP contribution >= 0.6 is 0 Å². The van der Waals surface area contributed by atoms with Crippen LogP contribution in [-0.2, 0) is 11.3 Å². The van der Waals surface area contributed by atoms with Crippen molar-refractivity contribution in [3.8, 4) is 0 Å². The molecule has 1 saturated heterocycles. The number of methoxy groups -OCH3 is 1. The second kappa shape index (κ2) is 7.66. The van der Waals surface area contributed by atoms with Crippen LogP contribution in [0.1, 0.15) is 37.2 Å². The molecule has 2 heterocycles. The fourth-order valence-corrected chi connectivity index (χ4v) is 3.39. The van der Waals surface area contributed by atoms with Crippen molar-refractivity contribution in [1.82, 2.24) is 20.2 Å². The lowest BCUT2D eigenvalue weighted by Crippen LogP contribution is -3.13. The van der Waals surface area contributed by atoms with Gasteiger partial charge in [-0.1, -0.05) is 37.3 Å². The molecule has 0 unspecified atom stereocenters. The van der Waals surface area contributed by atoms with E-state index in [0.29, 0.717) is 13.2 Å². The van der Waals surface area contributed by atoms with Gasteiger partial charge in [0.25, 0.3) is 0 Å². The van der Waals surface area contributed by atoms with E-state index in [2.05, 4.69) is 52.8 Å². The highest BCUT2D eigenvalue weighted by atomic mass is 16.5. The number of hydrogen-bond acceptors (Lipinski definition) is 4. The van der Waals surface area contributed by atoms with E-state index in [0.717, 1.165) is 24.8 Å². The summed E-state index contributed by atoms with van der Waals surface area (Å²) in [5, 5.41) is 12.5. The number of benzene rings is 1. The topological polar surface area (TPSA) is 57.3 Å². The Balaban J connectivity index is 1.91. The van der Waals surface area contributed by atoms with Gasteiger partial charge in [-0.2, -0.15) is 0 Å². The van der Waals surface area contributed by atoms with E-state index in [9.17, 15) is 0 Å². The average Bonchev–Trinajstić information content (AvgIpc) is 3.04. The van der Waals surface area contributed by atoms with Crippen molar-refractivity contribution >= 4 is 0 Å². The smallest absolute Gasteiger partial charge is 0.214 e. The lowest BCUT2D eigenvalue weighted by atomic mass is 9.95. The Morgan fingerprint density at radius 3 is 2.70 bits per heavy atom. The number of aromatic nitrogens is 4. The molecule has 1 atom stereocenters. The molecule has 1 aromatic heterocycles. The third-order valence-electron chi connectivity index (χ3n) is 4.78. The van der Waals surface area contributed by atoms with Gasteiger partial charge in [-0.15, -0.1) is 5.10 Å². The molecule has 0 amide bonds. The summed E-state index contributed by atoms with van der Waals surface area (Å²) in [5.41, 5.74) is 1.28. The molecule has 0 saturated carbocycles. The van der Waals surface area contributed by atoms with E-state index < -0.39 is 0 Å². The summed E-state index contributed by atoms with van der Waals surface area (Å²) in [6.07, 6.45) is 2.52. The minimum Gasteiger partial charge on any atom is -0.383 e. The monoisotopic (exact) mass is 316 g/mol. The molecule has 1 aromatic carbocycles. The molecule has 124 valence electrons. The Morgan fingerprint density at radius 1 is 1.26 bits per heavy atom. The number of nitrogens with one attached hydrogen (secondary N) is 1. The molecule has 1 N–H and O–H groups in total. The van der Waals surface area contributed by atoms with Crippen LogP contribution in [0.3, 0.4) is 0 Å². The first kappa shape index (κ1) is 16.1. The molecule has 0 radical (unpaired) electrons. The number of rotatable bonds is 6. The van der Waals surface area contributed by atoms with Gasteiger partial charge in [0.15, 0.2) is 6.04 Å². The van der Waals surface area contributed by atoms with Crippen LogP contribution in [0.15, 0.2) is 30.3 Å². The number of piperidine rings is 1. The number of likely N-dealkylation sites (tertiary alicyclic amines) is 1. The molecule has 23 heavy (non-hydrogen) atoms. The second-order valence-corrected chi connectivity index (χ2v) is 6.44. The molecule has 0 aliphatic carbocycles. The van der Waals surface area contributed by atoms with Crippen molar-refractivity contribution in [1.29, 1.82) is 0 Å². The van der Waals surface area contributed by atoms with E-state index in [4.69, 9.17) is 4.74 Å². The Labute approximate surface area is 137 Å². The summed E-state index contributed by atoms with van der Waals surface area (Å²) in [6.45, 7) is 5.98. The van der Waals surface area contributed by atoms with E-state index in [1.54, 1.807) is 12.0 Å². The highest BCUT2D eigenvalue weighted by Gasteiger charge is 2.33. The van der Waals surface area contributed by atoms with Crippen molar-refractivity contribution in [3.05, 3.63) is 41.7 Å². The zero-order valence-corrected chi connectivity index (χ0v) is 14.0. The number of tetrazole rings is 1. The van der Waals surface area contributed by atoms with Gasteiger partial charge in [0, 0.05) is 12.7 Å². The molecule has 6 nitrogen and oxygen atoms in total. The predicted octanol–water partition coefficient (Wildman–Crippen LogP) is 0.724. The summed E-state index contributed by atoms with van der Waals surface area (Å²) in [5.74, 6) is 1.76. The highest BCUT2D eigenvalue weighted by molar-refractivity contribution is 5.22. The number of nitrogens with zero attached hydrogens (tertiary/aromatic N) is 4. The molecular weight excluding hydrogens is 290 g/mol. The maximum atomic E-state index is 5.19. The van der Waals surface area contributed by atoms with Crippen LogP contribution in [0, 0.1) is 5.92 Å². The molecule has 0 bridgehead atoms.